The van der Waals surface area contributed by atoms with Gasteiger partial charge in [0.2, 0.25) is 5.91 Å². The van der Waals surface area contributed by atoms with Crippen LogP contribution in [-0.4, -0.2) is 27.8 Å². The first-order chi connectivity index (χ1) is 14.0. The number of aromatic nitrogens is 2. The van der Waals surface area contributed by atoms with E-state index in [0.29, 0.717) is 24.2 Å². The van der Waals surface area contributed by atoms with Crippen LogP contribution < -0.4 is 5.32 Å². The fourth-order valence-corrected chi connectivity index (χ4v) is 3.86. The van der Waals surface area contributed by atoms with Gasteiger partial charge in [-0.1, -0.05) is 30.5 Å². The van der Waals surface area contributed by atoms with E-state index in [1.54, 1.807) is 29.1 Å². The lowest BCUT2D eigenvalue weighted by Gasteiger charge is -2.17. The lowest BCUT2D eigenvalue weighted by molar-refractivity contribution is -0.121. The van der Waals surface area contributed by atoms with Crippen LogP contribution in [-0.2, 0) is 11.3 Å². The van der Waals surface area contributed by atoms with E-state index in [2.05, 4.69) is 10.3 Å². The number of allylic oxidation sites excluding steroid dienone is 4. The smallest absolute Gasteiger partial charge is 0.239 e. The van der Waals surface area contributed by atoms with Crippen molar-refractivity contribution in [3.63, 3.8) is 0 Å². The molecule has 5 nitrogen and oxygen atoms in total. The highest BCUT2D eigenvalue weighted by atomic mass is 35.5. The van der Waals surface area contributed by atoms with Crippen molar-refractivity contribution >= 4 is 34.3 Å². The molecule has 1 aliphatic rings. The lowest BCUT2D eigenvalue weighted by atomic mass is 9.93. The maximum Gasteiger partial charge on any atom is 0.239 e. The first kappa shape index (κ1) is 21.2. The minimum absolute atomic E-state index is 0.0526. The van der Waals surface area contributed by atoms with E-state index in [9.17, 15) is 14.0 Å². The molecular formula is C22H25ClFN3O2. The fourth-order valence-electron chi connectivity index (χ4n) is 3.61. The summed E-state index contributed by atoms with van der Waals surface area (Å²) in [7, 11) is 0. The molecule has 0 saturated carbocycles. The SMILES string of the molecule is CC(=O)c1cn(CC(=O)NCCCCCC2CC=CC(Cl)=C2F)c2ncccc12. The van der Waals surface area contributed by atoms with Crippen molar-refractivity contribution in [3.8, 4) is 0 Å². The number of Topliss-reactive ketones (excluding diaryl/α,β-unsaturated/α-hetero) is 1. The van der Waals surface area contributed by atoms with Crippen LogP contribution in [0.1, 0.15) is 49.4 Å². The Morgan fingerprint density at radius 3 is 2.97 bits per heavy atom. The van der Waals surface area contributed by atoms with Gasteiger partial charge in [0.1, 0.15) is 18.0 Å². The molecule has 0 saturated heterocycles. The van der Waals surface area contributed by atoms with E-state index in [1.165, 1.54) is 6.92 Å². The number of nitrogens with one attached hydrogen (secondary N) is 1. The van der Waals surface area contributed by atoms with Gasteiger partial charge in [-0.25, -0.2) is 9.37 Å². The van der Waals surface area contributed by atoms with Crippen LogP contribution in [0, 0.1) is 5.92 Å². The maximum atomic E-state index is 13.9. The third-order valence-corrected chi connectivity index (χ3v) is 5.46. The Morgan fingerprint density at radius 2 is 2.17 bits per heavy atom. The van der Waals surface area contributed by atoms with E-state index >= 15 is 0 Å². The Hall–Kier alpha value is -2.47. The van der Waals surface area contributed by atoms with E-state index in [4.69, 9.17) is 11.6 Å². The van der Waals surface area contributed by atoms with Gasteiger partial charge < -0.3 is 9.88 Å². The molecule has 2 aromatic heterocycles. The highest BCUT2D eigenvalue weighted by Gasteiger charge is 2.19. The van der Waals surface area contributed by atoms with Crippen molar-refractivity contribution in [2.45, 2.75) is 45.6 Å². The van der Waals surface area contributed by atoms with Crippen molar-refractivity contribution in [3.05, 3.63) is 53.1 Å². The van der Waals surface area contributed by atoms with Crippen LogP contribution in [0.3, 0.4) is 0 Å². The molecule has 29 heavy (non-hydrogen) atoms. The van der Waals surface area contributed by atoms with E-state index in [0.717, 1.165) is 31.1 Å². The molecular weight excluding hydrogens is 393 g/mol. The zero-order valence-corrected chi connectivity index (χ0v) is 17.2. The van der Waals surface area contributed by atoms with Crippen molar-refractivity contribution in [1.82, 2.24) is 14.9 Å². The van der Waals surface area contributed by atoms with Gasteiger partial charge >= 0.3 is 0 Å². The number of pyridine rings is 1. The molecule has 7 heteroatoms. The van der Waals surface area contributed by atoms with E-state index < -0.39 is 0 Å². The van der Waals surface area contributed by atoms with Crippen LogP contribution in [0.2, 0.25) is 0 Å². The van der Waals surface area contributed by atoms with Gasteiger partial charge in [-0.2, -0.15) is 0 Å². The number of amides is 1. The molecule has 1 aliphatic carbocycles. The molecule has 1 atom stereocenters. The minimum Gasteiger partial charge on any atom is -0.355 e. The third-order valence-electron chi connectivity index (χ3n) is 5.15. The summed E-state index contributed by atoms with van der Waals surface area (Å²) in [5.41, 5.74) is 1.20. The number of carbonyl (C=O) groups excluding carboxylic acids is 2. The summed E-state index contributed by atoms with van der Waals surface area (Å²) in [6.45, 7) is 2.18. The molecule has 0 fully saturated rings. The van der Waals surface area contributed by atoms with Gasteiger partial charge in [0, 0.05) is 35.8 Å². The molecule has 2 heterocycles. The summed E-state index contributed by atoms with van der Waals surface area (Å²) in [4.78, 5) is 28.4. The summed E-state index contributed by atoms with van der Waals surface area (Å²) in [5, 5.41) is 3.87. The molecule has 1 N–H and O–H groups in total. The summed E-state index contributed by atoms with van der Waals surface area (Å²) in [6.07, 6.45) is 10.9. The lowest BCUT2D eigenvalue weighted by Crippen LogP contribution is -2.28. The highest BCUT2D eigenvalue weighted by Crippen LogP contribution is 2.32. The second-order valence-electron chi connectivity index (χ2n) is 7.33. The second kappa shape index (κ2) is 9.83. The Kier molecular flexibility index (Phi) is 7.20. The molecule has 0 radical (unpaired) electrons. The van der Waals surface area contributed by atoms with Crippen LogP contribution in [0.4, 0.5) is 4.39 Å². The average molecular weight is 418 g/mol. The van der Waals surface area contributed by atoms with Crippen molar-refractivity contribution in [1.29, 1.82) is 0 Å². The number of unbranched alkanes of at least 4 members (excludes halogenated alkanes) is 2. The maximum absolute atomic E-state index is 13.9. The Morgan fingerprint density at radius 1 is 1.34 bits per heavy atom. The van der Waals surface area contributed by atoms with Crippen LogP contribution in [0.25, 0.3) is 11.0 Å². The molecule has 3 rings (SSSR count). The first-order valence-corrected chi connectivity index (χ1v) is 10.3. The van der Waals surface area contributed by atoms with Gasteiger partial charge in [0.15, 0.2) is 5.78 Å². The third kappa shape index (κ3) is 5.32. The van der Waals surface area contributed by atoms with Gasteiger partial charge in [0.25, 0.3) is 0 Å². The number of fused-ring (bicyclic) bond motifs is 1. The average Bonchev–Trinajstić information content (AvgIpc) is 3.06. The second-order valence-corrected chi connectivity index (χ2v) is 7.74. The minimum atomic E-state index is -0.208. The number of halogens is 2. The van der Waals surface area contributed by atoms with Crippen molar-refractivity contribution in [2.75, 3.05) is 6.54 Å². The van der Waals surface area contributed by atoms with E-state index in [1.807, 2.05) is 12.1 Å². The fraction of sp³-hybridized carbons (Fsp3) is 0.409. The summed E-state index contributed by atoms with van der Waals surface area (Å²) >= 11 is 5.83. The summed E-state index contributed by atoms with van der Waals surface area (Å²) in [5.74, 6) is -0.504. The van der Waals surface area contributed by atoms with Gasteiger partial charge in [-0.15, -0.1) is 0 Å². The normalized spacial score (nSPS) is 16.4. The molecule has 0 spiro atoms. The standard InChI is InChI=1S/C22H25ClFN3O2/c1-15(28)18-13-27(22-17(18)9-6-12-26-22)14-20(29)25-11-4-2-3-7-16-8-5-10-19(23)21(16)24/h5-6,9-10,12-13,16H,2-4,7-8,11,14H2,1H3,(H,25,29). The van der Waals surface area contributed by atoms with Crippen LogP contribution in [0.5, 0.6) is 0 Å². The molecule has 1 amide bonds. The van der Waals surface area contributed by atoms with Gasteiger partial charge in [-0.05, 0) is 44.4 Å². The predicted molar refractivity (Wildman–Crippen MR) is 112 cm³/mol. The van der Waals surface area contributed by atoms with Crippen molar-refractivity contribution < 1.29 is 14.0 Å². The van der Waals surface area contributed by atoms with Gasteiger partial charge in [0.05, 0.1) is 5.03 Å². The van der Waals surface area contributed by atoms with Crippen molar-refractivity contribution in [2.24, 2.45) is 5.92 Å². The Labute approximate surface area is 174 Å². The number of carbonyl (C=O) groups is 2. The monoisotopic (exact) mass is 417 g/mol. The molecule has 154 valence electrons. The Balaban J connectivity index is 1.41. The topological polar surface area (TPSA) is 64.0 Å². The van der Waals surface area contributed by atoms with Crippen LogP contribution in [0.15, 0.2) is 47.5 Å². The number of hydrogen-bond acceptors (Lipinski definition) is 3. The van der Waals surface area contributed by atoms with E-state index in [-0.39, 0.29) is 35.0 Å². The zero-order chi connectivity index (χ0) is 20.8. The summed E-state index contributed by atoms with van der Waals surface area (Å²) in [6, 6.07) is 3.61. The predicted octanol–water partition coefficient (Wildman–Crippen LogP) is 4.91. The number of ketones is 1. The quantitative estimate of drug-likeness (QED) is 0.465. The highest BCUT2D eigenvalue weighted by molar-refractivity contribution is 6.31. The molecule has 0 aliphatic heterocycles. The number of hydrogen-bond donors (Lipinski definition) is 1. The molecule has 2 aromatic rings. The summed E-state index contributed by atoms with van der Waals surface area (Å²) < 4.78 is 15.6. The largest absolute Gasteiger partial charge is 0.355 e. The van der Waals surface area contributed by atoms with Crippen LogP contribution >= 0.6 is 11.6 Å². The van der Waals surface area contributed by atoms with Gasteiger partial charge in [-0.3, -0.25) is 9.59 Å². The Bertz CT molecular complexity index is 964. The molecule has 1 unspecified atom stereocenters. The number of rotatable bonds is 9. The number of nitrogens with zero attached hydrogens (tertiary/aromatic N) is 2. The molecule has 0 aromatic carbocycles. The molecule has 0 bridgehead atoms. The first-order valence-electron chi connectivity index (χ1n) is 9.90. The zero-order valence-electron chi connectivity index (χ0n) is 16.5.